The summed E-state index contributed by atoms with van der Waals surface area (Å²) in [6, 6.07) is 0. The minimum absolute atomic E-state index is 0.123. The summed E-state index contributed by atoms with van der Waals surface area (Å²) in [6.45, 7) is 1.65. The molecule has 0 fully saturated rings. The fourth-order valence-corrected chi connectivity index (χ4v) is 2.17. The molecule has 0 heterocycles. The zero-order valence-corrected chi connectivity index (χ0v) is 14.2. The van der Waals surface area contributed by atoms with Gasteiger partial charge in [-0.05, 0) is 12.8 Å². The average Bonchev–Trinajstić information content (AvgIpc) is 2.47. The van der Waals surface area contributed by atoms with Crippen LogP contribution in [0.4, 0.5) is 0 Å². The maximum atomic E-state index is 11.6. The van der Waals surface area contributed by atoms with Crippen molar-refractivity contribution in [3.8, 4) is 0 Å². The number of ether oxygens (including phenoxy) is 2. The predicted octanol–water partition coefficient (Wildman–Crippen LogP) is 2.00. The topological polar surface area (TPSA) is 127 Å². The van der Waals surface area contributed by atoms with Crippen molar-refractivity contribution in [2.24, 2.45) is 5.41 Å². The third-order valence-corrected chi connectivity index (χ3v) is 3.60. The van der Waals surface area contributed by atoms with Crippen molar-refractivity contribution in [2.75, 3.05) is 13.2 Å². The lowest BCUT2D eigenvalue weighted by Gasteiger charge is -2.28. The molecule has 0 rings (SSSR count). The number of hydrogen-bond donors (Lipinski definition) is 2. The van der Waals surface area contributed by atoms with Crippen LogP contribution >= 0.6 is 0 Å². The molecule has 0 bridgehead atoms. The largest absolute Gasteiger partial charge is 0.481 e. The van der Waals surface area contributed by atoms with Gasteiger partial charge >= 0.3 is 23.9 Å². The van der Waals surface area contributed by atoms with Crippen LogP contribution in [0, 0.1) is 5.41 Å². The summed E-state index contributed by atoms with van der Waals surface area (Å²) in [5.74, 6) is -3.22. The molecule has 0 aromatic heterocycles. The third kappa shape index (κ3) is 9.81. The number of carboxylic acid groups (broad SMARTS) is 2. The van der Waals surface area contributed by atoms with E-state index in [-0.39, 0.29) is 26.1 Å². The lowest BCUT2D eigenvalue weighted by molar-refractivity contribution is -0.166. The molecule has 0 aromatic carbocycles. The third-order valence-electron chi connectivity index (χ3n) is 3.60. The van der Waals surface area contributed by atoms with E-state index in [0.29, 0.717) is 12.8 Å². The van der Waals surface area contributed by atoms with Crippen LogP contribution in [0.2, 0.25) is 0 Å². The summed E-state index contributed by atoms with van der Waals surface area (Å²) in [4.78, 5) is 44.0. The van der Waals surface area contributed by atoms with E-state index >= 15 is 0 Å². The molecule has 0 aliphatic heterocycles. The smallest absolute Gasteiger partial charge is 0.316 e. The second kappa shape index (κ2) is 11.4. The van der Waals surface area contributed by atoms with Crippen LogP contribution in [0.1, 0.15) is 58.8 Å². The first kappa shape index (κ1) is 21.9. The Labute approximate surface area is 141 Å². The Balaban J connectivity index is 4.50. The second-order valence-corrected chi connectivity index (χ2v) is 5.81. The zero-order valence-electron chi connectivity index (χ0n) is 14.2. The molecule has 0 aliphatic rings. The first-order valence-corrected chi connectivity index (χ1v) is 7.91. The van der Waals surface area contributed by atoms with Gasteiger partial charge < -0.3 is 19.7 Å². The highest BCUT2D eigenvalue weighted by atomic mass is 16.5. The molecule has 0 amide bonds. The number of carbonyl (C=O) groups is 4. The first-order chi connectivity index (χ1) is 11.2. The fraction of sp³-hybridized carbons (Fsp3) is 0.750. The van der Waals surface area contributed by atoms with E-state index in [1.807, 2.05) is 0 Å². The standard InChI is InChI=1S/C16H26O8/c1-12(17)23-10-16(15(21)22,11-24-13(2)18)9-7-5-3-4-6-8-14(19)20/h3-11H2,1-2H3,(H,19,20)(H,21,22). The number of carbonyl (C=O) groups excluding carboxylic acids is 2. The van der Waals surface area contributed by atoms with E-state index in [0.717, 1.165) is 19.3 Å². The molecule has 0 atom stereocenters. The summed E-state index contributed by atoms with van der Waals surface area (Å²) < 4.78 is 9.69. The van der Waals surface area contributed by atoms with Crippen molar-refractivity contribution in [2.45, 2.75) is 58.8 Å². The summed E-state index contributed by atoms with van der Waals surface area (Å²) in [5.41, 5.74) is -1.46. The maximum absolute atomic E-state index is 11.6. The van der Waals surface area contributed by atoms with Gasteiger partial charge in [-0.2, -0.15) is 0 Å². The Morgan fingerprint density at radius 3 is 1.67 bits per heavy atom. The van der Waals surface area contributed by atoms with Crippen molar-refractivity contribution in [3.63, 3.8) is 0 Å². The van der Waals surface area contributed by atoms with Crippen LogP contribution in [0.3, 0.4) is 0 Å². The Bertz CT molecular complexity index is 425. The lowest BCUT2D eigenvalue weighted by atomic mass is 9.84. The SMILES string of the molecule is CC(=O)OCC(CCCCCCCC(=O)O)(COC(C)=O)C(=O)O. The van der Waals surface area contributed by atoms with E-state index < -0.39 is 29.3 Å². The van der Waals surface area contributed by atoms with E-state index in [9.17, 15) is 24.3 Å². The van der Waals surface area contributed by atoms with Crippen molar-refractivity contribution in [1.82, 2.24) is 0 Å². The van der Waals surface area contributed by atoms with E-state index in [2.05, 4.69) is 0 Å². The molecule has 138 valence electrons. The highest BCUT2D eigenvalue weighted by Gasteiger charge is 2.41. The number of rotatable bonds is 13. The number of aliphatic carboxylic acids is 2. The molecule has 0 saturated heterocycles. The first-order valence-electron chi connectivity index (χ1n) is 7.91. The predicted molar refractivity (Wildman–Crippen MR) is 83.3 cm³/mol. The molecule has 0 radical (unpaired) electrons. The monoisotopic (exact) mass is 346 g/mol. The van der Waals surface area contributed by atoms with Crippen molar-refractivity contribution < 1.29 is 38.9 Å². The van der Waals surface area contributed by atoms with Crippen molar-refractivity contribution in [1.29, 1.82) is 0 Å². The fourth-order valence-electron chi connectivity index (χ4n) is 2.17. The second-order valence-electron chi connectivity index (χ2n) is 5.81. The van der Waals surface area contributed by atoms with Gasteiger partial charge in [0.25, 0.3) is 0 Å². The van der Waals surface area contributed by atoms with Crippen LogP contribution in [0.15, 0.2) is 0 Å². The molecule has 0 aliphatic carbocycles. The summed E-state index contributed by atoms with van der Waals surface area (Å²) in [7, 11) is 0. The molecule has 24 heavy (non-hydrogen) atoms. The average molecular weight is 346 g/mol. The minimum Gasteiger partial charge on any atom is -0.481 e. The highest BCUT2D eigenvalue weighted by Crippen LogP contribution is 2.28. The van der Waals surface area contributed by atoms with Gasteiger partial charge in [0.15, 0.2) is 0 Å². The molecule has 0 unspecified atom stereocenters. The molecule has 0 saturated carbocycles. The van der Waals surface area contributed by atoms with Gasteiger partial charge in [-0.1, -0.05) is 25.7 Å². The highest BCUT2D eigenvalue weighted by molar-refractivity contribution is 5.76. The molecular formula is C16H26O8. The van der Waals surface area contributed by atoms with Crippen LogP contribution in [-0.2, 0) is 28.7 Å². The normalized spacial score (nSPS) is 10.9. The van der Waals surface area contributed by atoms with Gasteiger partial charge in [-0.25, -0.2) is 0 Å². The quantitative estimate of drug-likeness (QED) is 0.383. The van der Waals surface area contributed by atoms with Gasteiger partial charge in [0.2, 0.25) is 0 Å². The lowest BCUT2D eigenvalue weighted by Crippen LogP contribution is -2.41. The number of unbranched alkanes of at least 4 members (excludes halogenated alkanes) is 4. The van der Waals surface area contributed by atoms with Gasteiger partial charge in [0.05, 0.1) is 0 Å². The summed E-state index contributed by atoms with van der Waals surface area (Å²) in [6.07, 6.45) is 3.70. The van der Waals surface area contributed by atoms with Crippen molar-refractivity contribution in [3.05, 3.63) is 0 Å². The number of esters is 2. The van der Waals surface area contributed by atoms with Gasteiger partial charge in [0.1, 0.15) is 18.6 Å². The Kier molecular flexibility index (Phi) is 10.4. The molecule has 0 aromatic rings. The van der Waals surface area contributed by atoms with Crippen molar-refractivity contribution >= 4 is 23.9 Å². The number of hydrogen-bond acceptors (Lipinski definition) is 6. The maximum Gasteiger partial charge on any atom is 0.316 e. The van der Waals surface area contributed by atoms with Crippen LogP contribution < -0.4 is 0 Å². The number of carboxylic acids is 2. The van der Waals surface area contributed by atoms with E-state index in [4.69, 9.17) is 14.6 Å². The molecule has 2 N–H and O–H groups in total. The van der Waals surface area contributed by atoms with Crippen LogP contribution in [-0.4, -0.2) is 47.3 Å². The Hall–Kier alpha value is -2.12. The summed E-state index contributed by atoms with van der Waals surface area (Å²) in [5, 5.41) is 18.0. The Morgan fingerprint density at radius 2 is 1.25 bits per heavy atom. The van der Waals surface area contributed by atoms with Gasteiger partial charge in [0, 0.05) is 20.3 Å². The molecule has 8 heteroatoms. The Morgan fingerprint density at radius 1 is 0.792 bits per heavy atom. The van der Waals surface area contributed by atoms with Crippen LogP contribution in [0.5, 0.6) is 0 Å². The molecular weight excluding hydrogens is 320 g/mol. The van der Waals surface area contributed by atoms with E-state index in [1.165, 1.54) is 13.8 Å². The zero-order chi connectivity index (χ0) is 18.6. The summed E-state index contributed by atoms with van der Waals surface area (Å²) >= 11 is 0. The minimum atomic E-state index is -1.46. The molecule has 0 spiro atoms. The van der Waals surface area contributed by atoms with Crippen LogP contribution in [0.25, 0.3) is 0 Å². The molecule has 8 nitrogen and oxygen atoms in total. The van der Waals surface area contributed by atoms with Gasteiger partial charge in [-0.3, -0.25) is 19.2 Å². The van der Waals surface area contributed by atoms with E-state index in [1.54, 1.807) is 0 Å². The van der Waals surface area contributed by atoms with Gasteiger partial charge in [-0.15, -0.1) is 0 Å².